The van der Waals surface area contributed by atoms with Gasteiger partial charge in [-0.05, 0) is 24.7 Å². The molecule has 2 heteroatoms. The van der Waals surface area contributed by atoms with Crippen molar-refractivity contribution in [3.8, 4) is 0 Å². The van der Waals surface area contributed by atoms with Gasteiger partial charge in [0, 0.05) is 31.3 Å². The Balaban J connectivity index is 1.94. The summed E-state index contributed by atoms with van der Waals surface area (Å²) in [5.74, 6) is 0.314. The van der Waals surface area contributed by atoms with Crippen LogP contribution >= 0.6 is 0 Å². The maximum atomic E-state index is 11.2. The Bertz CT molecular complexity index is 285. The Morgan fingerprint density at radius 1 is 1.33 bits per heavy atom. The number of allylic oxidation sites excluding steroid dienone is 2. The minimum Gasteiger partial charge on any atom is -0.375 e. The average Bonchev–Trinajstić information content (AvgIpc) is 2.66. The molecule has 0 spiro atoms. The Kier molecular flexibility index (Phi) is 2.85. The molecule has 84 valence electrons. The first kappa shape index (κ1) is 10.7. The Morgan fingerprint density at radius 3 is 2.47 bits per heavy atom. The van der Waals surface area contributed by atoms with Gasteiger partial charge < -0.3 is 4.90 Å². The highest BCUT2D eigenvalue weighted by Gasteiger charge is 2.30. The maximum Gasteiger partial charge on any atom is 0.157 e. The molecule has 1 fully saturated rings. The molecule has 1 aliphatic carbocycles. The standard InChI is InChI=1S/C13H21NO/c1-3-13(2)6-8-14(9-7-13)11-4-5-12(15)10-11/h10H,3-9H2,1-2H3. The second-order valence-corrected chi connectivity index (χ2v) is 5.25. The van der Waals surface area contributed by atoms with Gasteiger partial charge in [0.15, 0.2) is 5.78 Å². The van der Waals surface area contributed by atoms with Crippen molar-refractivity contribution in [2.45, 2.75) is 46.0 Å². The predicted molar refractivity (Wildman–Crippen MR) is 61.5 cm³/mol. The van der Waals surface area contributed by atoms with Gasteiger partial charge in [-0.3, -0.25) is 4.79 Å². The summed E-state index contributed by atoms with van der Waals surface area (Å²) in [6, 6.07) is 0. The molecule has 1 aliphatic heterocycles. The molecule has 0 bridgehead atoms. The predicted octanol–water partition coefficient (Wildman–Crippen LogP) is 2.75. The molecule has 0 aromatic carbocycles. The van der Waals surface area contributed by atoms with E-state index >= 15 is 0 Å². The highest BCUT2D eigenvalue weighted by Crippen LogP contribution is 2.36. The molecule has 0 unspecified atom stereocenters. The van der Waals surface area contributed by atoms with E-state index in [1.807, 2.05) is 6.08 Å². The minimum absolute atomic E-state index is 0.314. The first-order valence-electron chi connectivity index (χ1n) is 6.11. The van der Waals surface area contributed by atoms with Crippen LogP contribution in [0.2, 0.25) is 0 Å². The lowest BCUT2D eigenvalue weighted by molar-refractivity contribution is -0.114. The second kappa shape index (κ2) is 3.99. The van der Waals surface area contributed by atoms with E-state index < -0.39 is 0 Å². The van der Waals surface area contributed by atoms with Crippen molar-refractivity contribution < 1.29 is 4.79 Å². The van der Waals surface area contributed by atoms with Crippen molar-refractivity contribution in [2.75, 3.05) is 13.1 Å². The van der Waals surface area contributed by atoms with Crippen LogP contribution in [0.3, 0.4) is 0 Å². The van der Waals surface area contributed by atoms with Gasteiger partial charge in [-0.2, -0.15) is 0 Å². The van der Waals surface area contributed by atoms with Gasteiger partial charge in [0.25, 0.3) is 0 Å². The van der Waals surface area contributed by atoms with Crippen molar-refractivity contribution in [1.82, 2.24) is 4.90 Å². The molecule has 0 amide bonds. The summed E-state index contributed by atoms with van der Waals surface area (Å²) in [7, 11) is 0. The van der Waals surface area contributed by atoms with Crippen LogP contribution in [-0.2, 0) is 4.79 Å². The number of nitrogens with zero attached hydrogens (tertiary/aromatic N) is 1. The van der Waals surface area contributed by atoms with Crippen LogP contribution in [0.15, 0.2) is 11.8 Å². The molecule has 2 nitrogen and oxygen atoms in total. The largest absolute Gasteiger partial charge is 0.375 e. The summed E-state index contributed by atoms with van der Waals surface area (Å²) < 4.78 is 0. The van der Waals surface area contributed by atoms with Gasteiger partial charge in [0.05, 0.1) is 0 Å². The van der Waals surface area contributed by atoms with Crippen molar-refractivity contribution in [2.24, 2.45) is 5.41 Å². The Labute approximate surface area is 92.3 Å². The van der Waals surface area contributed by atoms with Gasteiger partial charge in [0.2, 0.25) is 0 Å². The molecule has 0 N–H and O–H groups in total. The van der Waals surface area contributed by atoms with Crippen LogP contribution < -0.4 is 0 Å². The van der Waals surface area contributed by atoms with Crippen LogP contribution in [-0.4, -0.2) is 23.8 Å². The van der Waals surface area contributed by atoms with E-state index in [1.54, 1.807) is 0 Å². The first-order valence-corrected chi connectivity index (χ1v) is 6.11. The van der Waals surface area contributed by atoms with Crippen molar-refractivity contribution in [3.05, 3.63) is 11.8 Å². The number of piperidine rings is 1. The summed E-state index contributed by atoms with van der Waals surface area (Å²) in [4.78, 5) is 13.6. The zero-order valence-corrected chi connectivity index (χ0v) is 9.88. The normalized spacial score (nSPS) is 25.6. The number of rotatable bonds is 2. The zero-order chi connectivity index (χ0) is 10.9. The third-order valence-electron chi connectivity index (χ3n) is 4.19. The number of carbonyl (C=O) groups is 1. The van der Waals surface area contributed by atoms with Crippen LogP contribution in [0.25, 0.3) is 0 Å². The molecule has 0 aromatic rings. The average molecular weight is 207 g/mol. The molecule has 1 heterocycles. The first-order chi connectivity index (χ1) is 7.13. The molecule has 0 aromatic heterocycles. The van der Waals surface area contributed by atoms with Crippen LogP contribution in [0, 0.1) is 5.41 Å². The van der Waals surface area contributed by atoms with E-state index in [1.165, 1.54) is 25.0 Å². The number of carbonyl (C=O) groups excluding carboxylic acids is 1. The van der Waals surface area contributed by atoms with E-state index in [2.05, 4.69) is 18.7 Å². The van der Waals surface area contributed by atoms with Gasteiger partial charge >= 0.3 is 0 Å². The van der Waals surface area contributed by atoms with Crippen LogP contribution in [0.5, 0.6) is 0 Å². The summed E-state index contributed by atoms with van der Waals surface area (Å²) >= 11 is 0. The summed E-state index contributed by atoms with van der Waals surface area (Å²) in [6.45, 7) is 6.96. The van der Waals surface area contributed by atoms with E-state index in [9.17, 15) is 4.79 Å². The quantitative estimate of drug-likeness (QED) is 0.694. The number of hydrogen-bond donors (Lipinski definition) is 0. The molecule has 15 heavy (non-hydrogen) atoms. The molecule has 0 radical (unpaired) electrons. The van der Waals surface area contributed by atoms with Crippen LogP contribution in [0.4, 0.5) is 0 Å². The third kappa shape index (κ3) is 2.24. The fourth-order valence-corrected chi connectivity index (χ4v) is 2.52. The molecular formula is C13H21NO. The van der Waals surface area contributed by atoms with Gasteiger partial charge in [-0.15, -0.1) is 0 Å². The molecular weight excluding hydrogens is 186 g/mol. The summed E-state index contributed by atoms with van der Waals surface area (Å²) in [5.41, 5.74) is 1.83. The molecule has 1 saturated heterocycles. The molecule has 2 aliphatic rings. The fraction of sp³-hybridized carbons (Fsp3) is 0.769. The topological polar surface area (TPSA) is 20.3 Å². The lowest BCUT2D eigenvalue weighted by atomic mass is 9.78. The highest BCUT2D eigenvalue weighted by atomic mass is 16.1. The van der Waals surface area contributed by atoms with E-state index in [4.69, 9.17) is 0 Å². The van der Waals surface area contributed by atoms with Gasteiger partial charge in [0.1, 0.15) is 0 Å². The highest BCUT2D eigenvalue weighted by molar-refractivity contribution is 5.92. The number of ketones is 1. The number of hydrogen-bond acceptors (Lipinski definition) is 2. The lowest BCUT2D eigenvalue weighted by Crippen LogP contribution is -2.37. The minimum atomic E-state index is 0.314. The van der Waals surface area contributed by atoms with E-state index in [0.29, 0.717) is 11.2 Å². The van der Waals surface area contributed by atoms with Gasteiger partial charge in [-0.1, -0.05) is 20.3 Å². The smallest absolute Gasteiger partial charge is 0.157 e. The van der Waals surface area contributed by atoms with E-state index in [0.717, 1.165) is 25.9 Å². The summed E-state index contributed by atoms with van der Waals surface area (Å²) in [6.07, 6.45) is 7.38. The van der Waals surface area contributed by atoms with Crippen molar-refractivity contribution in [3.63, 3.8) is 0 Å². The molecule has 0 saturated carbocycles. The third-order valence-corrected chi connectivity index (χ3v) is 4.19. The van der Waals surface area contributed by atoms with E-state index in [-0.39, 0.29) is 0 Å². The SMILES string of the molecule is CCC1(C)CCN(C2=CC(=O)CC2)CC1. The lowest BCUT2D eigenvalue weighted by Gasteiger charge is -2.40. The van der Waals surface area contributed by atoms with Crippen molar-refractivity contribution in [1.29, 1.82) is 0 Å². The molecule has 0 atom stereocenters. The maximum absolute atomic E-state index is 11.2. The van der Waals surface area contributed by atoms with Crippen molar-refractivity contribution >= 4 is 5.78 Å². The Hall–Kier alpha value is -0.790. The molecule has 2 rings (SSSR count). The monoisotopic (exact) mass is 207 g/mol. The summed E-state index contributed by atoms with van der Waals surface area (Å²) in [5, 5.41) is 0. The van der Waals surface area contributed by atoms with Gasteiger partial charge in [-0.25, -0.2) is 0 Å². The second-order valence-electron chi connectivity index (χ2n) is 5.25. The Morgan fingerprint density at radius 2 is 2.00 bits per heavy atom. The van der Waals surface area contributed by atoms with Crippen LogP contribution in [0.1, 0.15) is 46.0 Å². The zero-order valence-electron chi connectivity index (χ0n) is 9.88. The number of likely N-dealkylation sites (tertiary alicyclic amines) is 1. The fourth-order valence-electron chi connectivity index (χ4n) is 2.52.